The fourth-order valence-electron chi connectivity index (χ4n) is 5.01. The minimum atomic E-state index is -0.485. The number of nitrogens with zero attached hydrogens (tertiary/aromatic N) is 4. The van der Waals surface area contributed by atoms with Crippen molar-refractivity contribution in [2.45, 2.75) is 37.2 Å². The van der Waals surface area contributed by atoms with Crippen molar-refractivity contribution in [1.82, 2.24) is 19.9 Å². The van der Waals surface area contributed by atoms with E-state index in [2.05, 4.69) is 15.0 Å². The van der Waals surface area contributed by atoms with E-state index in [9.17, 15) is 4.79 Å². The fraction of sp³-hybridized carbons (Fsp3) is 0.280. The molecule has 4 aromatic rings. The largest absolute Gasteiger partial charge is 0.451 e. The van der Waals surface area contributed by atoms with Gasteiger partial charge in [-0.15, -0.1) is 0 Å². The third kappa shape index (κ3) is 2.96. The minimum Gasteiger partial charge on any atom is -0.451 e. The van der Waals surface area contributed by atoms with Crippen LogP contribution in [0, 0.1) is 0 Å². The van der Waals surface area contributed by atoms with Gasteiger partial charge in [0.15, 0.2) is 5.65 Å². The van der Waals surface area contributed by atoms with Gasteiger partial charge in [0.1, 0.15) is 16.9 Å². The monoisotopic (exact) mass is 425 g/mol. The number of carbonyl (C=O) groups excluding carboxylic acids is 1. The number of H-pyrrole nitrogens is 1. The maximum absolute atomic E-state index is 12.3. The van der Waals surface area contributed by atoms with Gasteiger partial charge >= 0.3 is 5.97 Å². The Morgan fingerprint density at radius 2 is 1.78 bits per heavy atom. The lowest BCUT2D eigenvalue weighted by Gasteiger charge is -2.35. The minimum absolute atomic E-state index is 0.201. The first-order chi connectivity index (χ1) is 15.6. The first-order valence-electron chi connectivity index (χ1n) is 11.0. The molecule has 2 aromatic heterocycles. The molecule has 1 saturated carbocycles. The number of esters is 1. The second-order valence-corrected chi connectivity index (χ2v) is 8.63. The van der Waals surface area contributed by atoms with Crippen LogP contribution in [0.4, 0.5) is 11.6 Å². The lowest BCUT2D eigenvalue weighted by atomic mass is 9.75. The first kappa shape index (κ1) is 19.0. The molecular formula is C25H23N5O2. The lowest BCUT2D eigenvalue weighted by molar-refractivity contribution is -0.0312. The molecule has 160 valence electrons. The van der Waals surface area contributed by atoms with Crippen molar-refractivity contribution in [2.75, 3.05) is 11.9 Å². The zero-order chi connectivity index (χ0) is 21.7. The summed E-state index contributed by atoms with van der Waals surface area (Å²) in [6.07, 6.45) is 5.18. The second kappa shape index (κ2) is 7.15. The molecule has 0 saturated heterocycles. The molecule has 6 rings (SSSR count). The van der Waals surface area contributed by atoms with Gasteiger partial charge in [-0.2, -0.15) is 4.98 Å². The molecule has 7 nitrogen and oxygen atoms in total. The summed E-state index contributed by atoms with van der Waals surface area (Å²) in [7, 11) is 1.95. The molecule has 1 N–H and O–H groups in total. The van der Waals surface area contributed by atoms with Crippen LogP contribution in [0.25, 0.3) is 11.2 Å². The van der Waals surface area contributed by atoms with E-state index in [-0.39, 0.29) is 11.9 Å². The predicted octanol–water partition coefficient (Wildman–Crippen LogP) is 4.84. The molecule has 32 heavy (non-hydrogen) atoms. The van der Waals surface area contributed by atoms with Gasteiger partial charge in [0, 0.05) is 24.2 Å². The molecule has 0 atom stereocenters. The highest BCUT2D eigenvalue weighted by atomic mass is 16.6. The van der Waals surface area contributed by atoms with Crippen molar-refractivity contribution in [3.63, 3.8) is 0 Å². The number of carbonyl (C=O) groups is 1. The van der Waals surface area contributed by atoms with Crippen molar-refractivity contribution in [3.8, 4) is 0 Å². The standard InChI is InChI=1S/C25H23N5O2/c1-30(17-7-3-2-4-8-17)24-26-15-20-22(29-24)28-21(27-20)16-11-13-25(14-12-16)19-10-6-5-9-18(19)23(31)32-25/h2-10,15-16H,11-14H2,1H3,(H,26,27,28,29)/t16-,25-. The summed E-state index contributed by atoms with van der Waals surface area (Å²) in [4.78, 5) is 31.7. The first-order valence-corrected chi connectivity index (χ1v) is 11.0. The molecule has 3 heterocycles. The van der Waals surface area contributed by atoms with Crippen molar-refractivity contribution in [2.24, 2.45) is 0 Å². The van der Waals surface area contributed by atoms with Gasteiger partial charge in [-0.1, -0.05) is 36.4 Å². The Morgan fingerprint density at radius 1 is 1.03 bits per heavy atom. The van der Waals surface area contributed by atoms with Gasteiger partial charge in [0.05, 0.1) is 11.8 Å². The molecule has 2 aliphatic rings. The van der Waals surface area contributed by atoms with E-state index in [1.54, 1.807) is 6.20 Å². The summed E-state index contributed by atoms with van der Waals surface area (Å²) < 4.78 is 5.89. The van der Waals surface area contributed by atoms with Crippen LogP contribution in [0.1, 0.15) is 53.3 Å². The van der Waals surface area contributed by atoms with Crippen LogP contribution < -0.4 is 4.90 Å². The van der Waals surface area contributed by atoms with Crippen molar-refractivity contribution in [3.05, 3.63) is 77.7 Å². The summed E-state index contributed by atoms with van der Waals surface area (Å²) in [5, 5.41) is 0. The van der Waals surface area contributed by atoms with Crippen LogP contribution in [0.3, 0.4) is 0 Å². The average Bonchev–Trinajstić information content (AvgIpc) is 3.39. The Balaban J connectivity index is 1.23. The number of fused-ring (bicyclic) bond motifs is 3. The summed E-state index contributed by atoms with van der Waals surface area (Å²) in [6.45, 7) is 0. The topological polar surface area (TPSA) is 84.0 Å². The number of hydrogen-bond acceptors (Lipinski definition) is 6. The number of ether oxygens (including phenoxy) is 1. The number of para-hydroxylation sites is 1. The van der Waals surface area contributed by atoms with Gasteiger partial charge in [0.25, 0.3) is 0 Å². The van der Waals surface area contributed by atoms with Crippen LogP contribution in [0.15, 0.2) is 60.8 Å². The number of anilines is 2. The van der Waals surface area contributed by atoms with Crippen molar-refractivity contribution in [1.29, 1.82) is 0 Å². The predicted molar refractivity (Wildman–Crippen MR) is 121 cm³/mol. The fourth-order valence-corrected chi connectivity index (χ4v) is 5.01. The number of imidazole rings is 1. The number of aromatic amines is 1. The Bertz CT molecular complexity index is 1310. The van der Waals surface area contributed by atoms with Gasteiger partial charge in [-0.25, -0.2) is 14.8 Å². The van der Waals surface area contributed by atoms with E-state index in [4.69, 9.17) is 9.72 Å². The number of benzene rings is 2. The van der Waals surface area contributed by atoms with Crippen LogP contribution in [-0.4, -0.2) is 33.0 Å². The van der Waals surface area contributed by atoms with Crippen LogP contribution >= 0.6 is 0 Å². The second-order valence-electron chi connectivity index (χ2n) is 8.63. The van der Waals surface area contributed by atoms with E-state index < -0.39 is 5.60 Å². The maximum Gasteiger partial charge on any atom is 0.339 e. The smallest absolute Gasteiger partial charge is 0.339 e. The number of aromatic nitrogens is 4. The Kier molecular flexibility index (Phi) is 4.24. The molecular weight excluding hydrogens is 402 g/mol. The number of rotatable bonds is 3. The van der Waals surface area contributed by atoms with Crippen LogP contribution in [0.5, 0.6) is 0 Å². The quantitative estimate of drug-likeness (QED) is 0.473. The Labute approximate surface area is 185 Å². The number of hydrogen-bond donors (Lipinski definition) is 1. The van der Waals surface area contributed by atoms with Crippen molar-refractivity contribution < 1.29 is 9.53 Å². The summed E-state index contributed by atoms with van der Waals surface area (Å²) in [6, 6.07) is 17.8. The van der Waals surface area contributed by atoms with E-state index in [1.165, 1.54) is 0 Å². The van der Waals surface area contributed by atoms with Crippen molar-refractivity contribution >= 4 is 28.8 Å². The maximum atomic E-state index is 12.3. The molecule has 0 bridgehead atoms. The molecule has 0 radical (unpaired) electrons. The molecule has 2 aromatic carbocycles. The zero-order valence-corrected chi connectivity index (χ0v) is 17.8. The molecule has 1 aliphatic heterocycles. The Morgan fingerprint density at radius 3 is 2.59 bits per heavy atom. The normalized spacial score (nSPS) is 22.2. The van der Waals surface area contributed by atoms with E-state index in [1.807, 2.05) is 66.5 Å². The summed E-state index contributed by atoms with van der Waals surface area (Å²) in [5.41, 5.74) is 3.79. The molecule has 0 unspecified atom stereocenters. The average molecular weight is 425 g/mol. The van der Waals surface area contributed by atoms with Crippen LogP contribution in [0.2, 0.25) is 0 Å². The molecule has 7 heteroatoms. The van der Waals surface area contributed by atoms with Gasteiger partial charge in [0.2, 0.25) is 5.95 Å². The SMILES string of the molecule is CN(c1ccccc1)c1ncc2[nH]c([C@H]3CC[C@@]4(CC3)OC(=O)c3ccccc34)nc2n1. The third-order valence-electron chi connectivity index (χ3n) is 6.79. The highest BCUT2D eigenvalue weighted by Crippen LogP contribution is 2.49. The van der Waals surface area contributed by atoms with E-state index in [0.29, 0.717) is 17.2 Å². The zero-order valence-electron chi connectivity index (χ0n) is 17.8. The molecule has 1 aliphatic carbocycles. The van der Waals surface area contributed by atoms with Gasteiger partial charge < -0.3 is 14.6 Å². The molecule has 1 fully saturated rings. The number of nitrogens with one attached hydrogen (secondary N) is 1. The molecule has 0 amide bonds. The van der Waals surface area contributed by atoms with E-state index >= 15 is 0 Å². The van der Waals surface area contributed by atoms with Gasteiger partial charge in [-0.3, -0.25) is 0 Å². The van der Waals surface area contributed by atoms with E-state index in [0.717, 1.165) is 48.3 Å². The molecule has 1 spiro atoms. The summed E-state index contributed by atoms with van der Waals surface area (Å²) >= 11 is 0. The third-order valence-corrected chi connectivity index (χ3v) is 6.79. The lowest BCUT2D eigenvalue weighted by Crippen LogP contribution is -2.31. The van der Waals surface area contributed by atoms with Crippen LogP contribution in [-0.2, 0) is 10.3 Å². The Hall–Kier alpha value is -3.74. The van der Waals surface area contributed by atoms with Gasteiger partial charge in [-0.05, 0) is 43.9 Å². The summed E-state index contributed by atoms with van der Waals surface area (Å²) in [5.74, 6) is 1.62. The highest BCUT2D eigenvalue weighted by molar-refractivity contribution is 5.94. The highest BCUT2D eigenvalue weighted by Gasteiger charge is 2.47.